The third-order valence-electron chi connectivity index (χ3n) is 4.62. The predicted molar refractivity (Wildman–Crippen MR) is 123 cm³/mol. The summed E-state index contributed by atoms with van der Waals surface area (Å²) >= 11 is 3.64. The molecular formula is C18H18N4O6S4. The summed E-state index contributed by atoms with van der Waals surface area (Å²) in [5, 5.41) is 20.9. The lowest BCUT2D eigenvalue weighted by Crippen LogP contribution is -2.16. The van der Waals surface area contributed by atoms with E-state index in [1.165, 1.54) is 34.8 Å². The van der Waals surface area contributed by atoms with Crippen molar-refractivity contribution in [2.24, 2.45) is 10.2 Å². The Bertz CT molecular complexity index is 1530. The van der Waals surface area contributed by atoms with Gasteiger partial charge in [-0.05, 0) is 50.2 Å². The second kappa shape index (κ2) is 9.44. The highest BCUT2D eigenvalue weighted by atomic mass is 32.2. The van der Waals surface area contributed by atoms with E-state index in [9.17, 15) is 13.0 Å². The molecule has 2 aromatic heterocycles. The number of hydrogen-bond acceptors (Lipinski definition) is 10. The van der Waals surface area contributed by atoms with E-state index in [0.717, 1.165) is 32.7 Å². The van der Waals surface area contributed by atoms with Crippen LogP contribution in [0, 0.1) is 0 Å². The number of thiazole rings is 2. The lowest BCUT2D eigenvalue weighted by molar-refractivity contribution is -0.432. The molecule has 32 heavy (non-hydrogen) atoms. The molecule has 0 aliphatic rings. The van der Waals surface area contributed by atoms with Crippen molar-refractivity contribution in [3.05, 3.63) is 46.0 Å². The molecular weight excluding hydrogens is 496 g/mol. The quantitative estimate of drug-likeness (QED) is 0.166. The van der Waals surface area contributed by atoms with E-state index in [-0.39, 0.29) is 4.90 Å². The fourth-order valence-electron chi connectivity index (χ4n) is 3.22. The summed E-state index contributed by atoms with van der Waals surface area (Å²) in [6, 6.07) is 10.1. The molecule has 0 unspecified atom stereocenters. The van der Waals surface area contributed by atoms with Gasteiger partial charge in [-0.1, -0.05) is 27.7 Å². The third kappa shape index (κ3) is 4.53. The normalized spacial score (nSPS) is 13.6. The van der Waals surface area contributed by atoms with Crippen LogP contribution in [0.15, 0.2) is 56.4 Å². The molecule has 0 radical (unpaired) electrons. The SMILES string of the molecule is CCn1c(=NN=c2sc3cc(S(=O)(=O)O)ccc3n2CC)sc2cc(SOOO)ccc21. The van der Waals surface area contributed by atoms with Crippen LogP contribution in [-0.2, 0) is 32.6 Å². The first-order valence-electron chi connectivity index (χ1n) is 9.32. The van der Waals surface area contributed by atoms with Crippen molar-refractivity contribution in [1.82, 2.24) is 9.13 Å². The van der Waals surface area contributed by atoms with E-state index >= 15 is 0 Å². The molecule has 4 aromatic rings. The fraction of sp³-hybridized carbons (Fsp3) is 0.222. The standard InChI is InChI=1S/C18H18N4O6S4/c1-3-21-13-7-5-11(31-28-27-23)9-15(13)29-17(21)19-20-18-22(4-2)14-8-6-12(32(24,25)26)10-16(14)30-18/h5-10,23H,3-4H2,1-2H3,(H,24,25,26). The van der Waals surface area contributed by atoms with Crippen molar-refractivity contribution in [3.8, 4) is 0 Å². The summed E-state index contributed by atoms with van der Waals surface area (Å²) in [6.45, 7) is 5.28. The van der Waals surface area contributed by atoms with Gasteiger partial charge in [-0.3, -0.25) is 4.55 Å². The maximum Gasteiger partial charge on any atom is 0.294 e. The summed E-state index contributed by atoms with van der Waals surface area (Å²) in [6.07, 6.45) is 0. The van der Waals surface area contributed by atoms with Gasteiger partial charge in [0.2, 0.25) is 9.60 Å². The van der Waals surface area contributed by atoms with Gasteiger partial charge >= 0.3 is 0 Å². The summed E-state index contributed by atoms with van der Waals surface area (Å²) in [5.74, 6) is 0. The van der Waals surface area contributed by atoms with E-state index in [1.807, 2.05) is 41.2 Å². The highest BCUT2D eigenvalue weighted by Crippen LogP contribution is 2.26. The van der Waals surface area contributed by atoms with Crippen LogP contribution in [0.2, 0.25) is 0 Å². The van der Waals surface area contributed by atoms with Gasteiger partial charge in [0.15, 0.2) is 0 Å². The average molecular weight is 515 g/mol. The first kappa shape index (κ1) is 23.1. The van der Waals surface area contributed by atoms with Crippen LogP contribution in [0.25, 0.3) is 20.4 Å². The first-order valence-corrected chi connectivity index (χ1v) is 13.1. The molecule has 0 bridgehead atoms. The molecule has 2 heterocycles. The Morgan fingerprint density at radius 3 is 2.06 bits per heavy atom. The van der Waals surface area contributed by atoms with Crippen LogP contribution in [0.5, 0.6) is 0 Å². The average Bonchev–Trinajstić information content (AvgIpc) is 3.31. The molecule has 0 fully saturated rings. The molecule has 0 aliphatic heterocycles. The molecule has 14 heteroatoms. The predicted octanol–water partition coefficient (Wildman–Crippen LogP) is 3.85. The zero-order valence-corrected chi connectivity index (χ0v) is 20.1. The van der Waals surface area contributed by atoms with E-state index in [2.05, 4.69) is 19.6 Å². The van der Waals surface area contributed by atoms with Crippen LogP contribution in [0.4, 0.5) is 0 Å². The Balaban J connectivity index is 1.85. The Labute approximate surface area is 194 Å². The van der Waals surface area contributed by atoms with Gasteiger partial charge in [-0.25, -0.2) is 5.26 Å². The topological polar surface area (TPSA) is 128 Å². The Hall–Kier alpha value is -2.04. The van der Waals surface area contributed by atoms with Gasteiger partial charge in [0.25, 0.3) is 10.1 Å². The Kier molecular flexibility index (Phi) is 6.83. The molecule has 0 saturated carbocycles. The minimum Gasteiger partial charge on any atom is -0.315 e. The summed E-state index contributed by atoms with van der Waals surface area (Å²) in [7, 11) is -4.28. The highest BCUT2D eigenvalue weighted by Gasteiger charge is 2.13. The van der Waals surface area contributed by atoms with Crippen molar-refractivity contribution in [1.29, 1.82) is 0 Å². The van der Waals surface area contributed by atoms with Crippen molar-refractivity contribution < 1.29 is 27.6 Å². The van der Waals surface area contributed by atoms with Crippen LogP contribution in [0.1, 0.15) is 13.8 Å². The zero-order valence-electron chi connectivity index (χ0n) is 16.8. The molecule has 170 valence electrons. The number of aromatic nitrogens is 2. The Morgan fingerprint density at radius 2 is 1.53 bits per heavy atom. The number of benzene rings is 2. The number of fused-ring (bicyclic) bond motifs is 2. The monoisotopic (exact) mass is 514 g/mol. The lowest BCUT2D eigenvalue weighted by atomic mass is 10.3. The first-order chi connectivity index (χ1) is 15.4. The molecule has 0 saturated heterocycles. The van der Waals surface area contributed by atoms with Gasteiger partial charge in [0.1, 0.15) is 0 Å². The van der Waals surface area contributed by atoms with Crippen LogP contribution in [-0.4, -0.2) is 27.4 Å². The fourth-order valence-corrected chi connectivity index (χ4v) is 6.45. The van der Waals surface area contributed by atoms with E-state index in [4.69, 9.17) is 5.26 Å². The van der Waals surface area contributed by atoms with Crippen molar-refractivity contribution >= 4 is 65.3 Å². The van der Waals surface area contributed by atoms with Gasteiger partial charge in [0.05, 0.1) is 37.4 Å². The van der Waals surface area contributed by atoms with Crippen molar-refractivity contribution in [2.75, 3.05) is 0 Å². The number of nitrogens with zero attached hydrogens (tertiary/aromatic N) is 4. The summed E-state index contributed by atoms with van der Waals surface area (Å²) < 4.78 is 42.4. The van der Waals surface area contributed by atoms with Gasteiger partial charge < -0.3 is 9.13 Å². The molecule has 4 rings (SSSR count). The number of rotatable bonds is 7. The minimum absolute atomic E-state index is 0.157. The third-order valence-corrected chi connectivity index (χ3v) is 8.11. The molecule has 0 atom stereocenters. The maximum atomic E-state index is 11.5. The van der Waals surface area contributed by atoms with Crippen molar-refractivity contribution in [3.63, 3.8) is 0 Å². The van der Waals surface area contributed by atoms with E-state index in [1.54, 1.807) is 6.07 Å². The van der Waals surface area contributed by atoms with Gasteiger partial charge in [-0.15, -0.1) is 14.5 Å². The zero-order chi connectivity index (χ0) is 22.9. The van der Waals surface area contributed by atoms with E-state index in [0.29, 0.717) is 27.4 Å². The number of aryl methyl sites for hydroxylation is 2. The molecule has 2 N–H and O–H groups in total. The molecule has 0 spiro atoms. The minimum atomic E-state index is -4.28. The molecule has 10 nitrogen and oxygen atoms in total. The second-order valence-corrected chi connectivity index (χ2v) is 10.6. The van der Waals surface area contributed by atoms with Crippen LogP contribution in [0.3, 0.4) is 0 Å². The van der Waals surface area contributed by atoms with Crippen LogP contribution >= 0.6 is 34.7 Å². The highest BCUT2D eigenvalue weighted by molar-refractivity contribution is 7.94. The van der Waals surface area contributed by atoms with Crippen molar-refractivity contribution in [2.45, 2.75) is 36.7 Å². The smallest absolute Gasteiger partial charge is 0.294 e. The Morgan fingerprint density at radius 1 is 0.969 bits per heavy atom. The largest absolute Gasteiger partial charge is 0.315 e. The molecule has 0 aliphatic carbocycles. The second-order valence-electron chi connectivity index (χ2n) is 6.42. The summed E-state index contributed by atoms with van der Waals surface area (Å²) in [4.78, 5) is 1.90. The maximum absolute atomic E-state index is 11.5. The number of hydrogen-bond donors (Lipinski definition) is 2. The molecule has 0 amide bonds. The molecule has 2 aromatic carbocycles. The lowest BCUT2D eigenvalue weighted by Gasteiger charge is -2.01. The van der Waals surface area contributed by atoms with Gasteiger partial charge in [-0.2, -0.15) is 8.42 Å². The van der Waals surface area contributed by atoms with Gasteiger partial charge in [0, 0.05) is 18.0 Å². The van der Waals surface area contributed by atoms with Crippen LogP contribution < -0.4 is 9.60 Å². The summed E-state index contributed by atoms with van der Waals surface area (Å²) in [5.41, 5.74) is 1.80. The van der Waals surface area contributed by atoms with E-state index < -0.39 is 10.1 Å².